The lowest BCUT2D eigenvalue weighted by atomic mass is 10.0. The van der Waals surface area contributed by atoms with Gasteiger partial charge >= 0.3 is 6.18 Å². The minimum Gasteiger partial charge on any atom is -0.389 e. The van der Waals surface area contributed by atoms with Gasteiger partial charge in [-0.05, 0) is 45.4 Å². The molecule has 0 aromatic heterocycles. The van der Waals surface area contributed by atoms with Crippen molar-refractivity contribution in [2.24, 2.45) is 0 Å². The molecule has 1 N–H and O–H groups in total. The van der Waals surface area contributed by atoms with Crippen LogP contribution in [0.3, 0.4) is 0 Å². The van der Waals surface area contributed by atoms with Gasteiger partial charge in [-0.25, -0.2) is 4.39 Å². The first-order chi connectivity index (χ1) is 9.03. The second-order valence-electron chi connectivity index (χ2n) is 5.17. The summed E-state index contributed by atoms with van der Waals surface area (Å²) in [4.78, 5) is 1.12. The Kier molecular flexibility index (Phi) is 5.02. The highest BCUT2D eigenvalue weighted by atomic mass is 19.4. The molecule has 0 amide bonds. The summed E-state index contributed by atoms with van der Waals surface area (Å²) in [6.45, 7) is 4.98. The van der Waals surface area contributed by atoms with Crippen molar-refractivity contribution in [2.45, 2.75) is 46.0 Å². The molecular weight excluding hydrogens is 274 g/mol. The first kappa shape index (κ1) is 16.8. The summed E-state index contributed by atoms with van der Waals surface area (Å²) in [5, 5.41) is 9.67. The minimum atomic E-state index is -4.37. The van der Waals surface area contributed by atoms with Gasteiger partial charge in [-0.1, -0.05) is 0 Å². The maximum absolute atomic E-state index is 13.6. The highest BCUT2D eigenvalue weighted by Gasteiger charge is 2.33. The average molecular weight is 293 g/mol. The Bertz CT molecular complexity index is 469. The van der Waals surface area contributed by atoms with E-state index in [4.69, 9.17) is 0 Å². The number of hydrogen-bond donors (Lipinski definition) is 1. The highest BCUT2D eigenvalue weighted by Crippen LogP contribution is 2.32. The third kappa shape index (κ3) is 4.10. The minimum absolute atomic E-state index is 0.158. The molecule has 20 heavy (non-hydrogen) atoms. The number of aliphatic hydroxyl groups excluding tert-OH is 1. The number of alkyl halides is 3. The van der Waals surface area contributed by atoms with E-state index in [0.717, 1.165) is 11.0 Å². The van der Waals surface area contributed by atoms with Crippen molar-refractivity contribution in [1.82, 2.24) is 0 Å². The summed E-state index contributed by atoms with van der Waals surface area (Å²) in [5.41, 5.74) is 0.620. The monoisotopic (exact) mass is 293 g/mol. The number of aryl methyl sites for hydroxylation is 1. The Morgan fingerprint density at radius 1 is 1.20 bits per heavy atom. The first-order valence-electron chi connectivity index (χ1n) is 6.34. The Morgan fingerprint density at radius 2 is 1.75 bits per heavy atom. The number of anilines is 1. The molecule has 6 heteroatoms. The molecule has 0 aliphatic heterocycles. The van der Waals surface area contributed by atoms with Gasteiger partial charge in [0.25, 0.3) is 0 Å². The van der Waals surface area contributed by atoms with Crippen LogP contribution in [0.5, 0.6) is 0 Å². The average Bonchev–Trinajstić information content (AvgIpc) is 2.27. The quantitative estimate of drug-likeness (QED) is 0.849. The van der Waals surface area contributed by atoms with Crippen LogP contribution >= 0.6 is 0 Å². The van der Waals surface area contributed by atoms with Gasteiger partial charge in [0.15, 0.2) is 0 Å². The van der Waals surface area contributed by atoms with Crippen LogP contribution in [-0.4, -0.2) is 23.9 Å². The van der Waals surface area contributed by atoms with Crippen molar-refractivity contribution in [3.63, 3.8) is 0 Å². The van der Waals surface area contributed by atoms with Gasteiger partial charge in [-0.3, -0.25) is 0 Å². The third-order valence-electron chi connectivity index (χ3n) is 3.04. The predicted molar refractivity (Wildman–Crippen MR) is 70.3 cm³/mol. The van der Waals surface area contributed by atoms with E-state index in [1.165, 1.54) is 19.9 Å². The number of benzene rings is 1. The van der Waals surface area contributed by atoms with Crippen LogP contribution in [0.1, 0.15) is 38.0 Å². The molecule has 0 bridgehead atoms. The molecule has 0 saturated carbocycles. The maximum atomic E-state index is 13.6. The topological polar surface area (TPSA) is 23.5 Å². The zero-order valence-electron chi connectivity index (χ0n) is 11.9. The molecule has 0 saturated heterocycles. The predicted octanol–water partition coefficient (Wildman–Crippen LogP) is 3.96. The van der Waals surface area contributed by atoms with Crippen LogP contribution in [-0.2, 0) is 0 Å². The largest absolute Gasteiger partial charge is 0.405 e. The molecule has 1 aromatic carbocycles. The van der Waals surface area contributed by atoms with E-state index in [1.54, 1.807) is 13.8 Å². The lowest BCUT2D eigenvalue weighted by Crippen LogP contribution is -2.40. The van der Waals surface area contributed by atoms with Crippen molar-refractivity contribution in [3.05, 3.63) is 29.1 Å². The van der Waals surface area contributed by atoms with Gasteiger partial charge in [0.05, 0.1) is 6.10 Å². The Morgan fingerprint density at radius 3 is 2.15 bits per heavy atom. The summed E-state index contributed by atoms with van der Waals surface area (Å²) in [7, 11) is 0. The molecule has 1 rings (SSSR count). The van der Waals surface area contributed by atoms with Gasteiger partial charge < -0.3 is 10.0 Å². The van der Waals surface area contributed by atoms with E-state index in [9.17, 15) is 22.7 Å². The molecule has 0 spiro atoms. The Balaban J connectivity index is 3.35. The number of halogens is 4. The van der Waals surface area contributed by atoms with E-state index >= 15 is 0 Å². The van der Waals surface area contributed by atoms with Crippen molar-refractivity contribution in [3.8, 4) is 0 Å². The molecule has 1 atom stereocenters. The van der Waals surface area contributed by atoms with E-state index in [1.807, 2.05) is 0 Å². The number of hydrogen-bond acceptors (Lipinski definition) is 2. The highest BCUT2D eigenvalue weighted by molar-refractivity contribution is 5.57. The van der Waals surface area contributed by atoms with Crippen LogP contribution in [0.15, 0.2) is 12.1 Å². The summed E-state index contributed by atoms with van der Waals surface area (Å²) >= 11 is 0. The maximum Gasteiger partial charge on any atom is 0.405 e. The SMILES string of the molecule is Cc1cc(N(CC(F)(F)F)C(C)C)c(C(C)O)cc1F. The van der Waals surface area contributed by atoms with Gasteiger partial charge in [0.2, 0.25) is 0 Å². The van der Waals surface area contributed by atoms with Crippen molar-refractivity contribution < 1.29 is 22.7 Å². The lowest BCUT2D eigenvalue weighted by Gasteiger charge is -2.32. The van der Waals surface area contributed by atoms with Gasteiger partial charge in [0, 0.05) is 17.3 Å². The van der Waals surface area contributed by atoms with Crippen LogP contribution in [0.4, 0.5) is 23.2 Å². The second-order valence-corrected chi connectivity index (χ2v) is 5.17. The molecule has 0 aliphatic rings. The van der Waals surface area contributed by atoms with Gasteiger partial charge in [-0.2, -0.15) is 13.2 Å². The fraction of sp³-hybridized carbons (Fsp3) is 0.571. The summed E-state index contributed by atoms with van der Waals surface area (Å²) in [6.07, 6.45) is -5.42. The fourth-order valence-electron chi connectivity index (χ4n) is 2.00. The van der Waals surface area contributed by atoms with Crippen molar-refractivity contribution >= 4 is 5.69 Å². The Hall–Kier alpha value is -1.30. The van der Waals surface area contributed by atoms with E-state index in [0.29, 0.717) is 0 Å². The van der Waals surface area contributed by atoms with Gasteiger partial charge in [-0.15, -0.1) is 0 Å². The van der Waals surface area contributed by atoms with Crippen LogP contribution in [0, 0.1) is 12.7 Å². The van der Waals surface area contributed by atoms with E-state index < -0.39 is 30.7 Å². The van der Waals surface area contributed by atoms with Gasteiger partial charge in [0.1, 0.15) is 12.4 Å². The first-order valence-corrected chi connectivity index (χ1v) is 6.34. The zero-order chi connectivity index (χ0) is 15.7. The molecule has 114 valence electrons. The Labute approximate surface area is 116 Å². The smallest absolute Gasteiger partial charge is 0.389 e. The number of rotatable bonds is 4. The molecule has 2 nitrogen and oxygen atoms in total. The third-order valence-corrected chi connectivity index (χ3v) is 3.04. The normalized spacial score (nSPS) is 13.7. The van der Waals surface area contributed by atoms with Crippen molar-refractivity contribution in [1.29, 1.82) is 0 Å². The molecule has 0 heterocycles. The van der Waals surface area contributed by atoms with Crippen molar-refractivity contribution in [2.75, 3.05) is 11.4 Å². The molecule has 0 aliphatic carbocycles. The molecular formula is C14H19F4NO. The zero-order valence-corrected chi connectivity index (χ0v) is 11.9. The molecule has 0 fully saturated rings. The van der Waals surface area contributed by atoms with Crippen LogP contribution < -0.4 is 4.90 Å². The summed E-state index contributed by atoms with van der Waals surface area (Å²) in [5.74, 6) is -0.541. The number of aliphatic hydroxyl groups is 1. The van der Waals surface area contributed by atoms with E-state index in [2.05, 4.69) is 0 Å². The summed E-state index contributed by atoms with van der Waals surface area (Å²) in [6, 6.07) is 2.02. The molecule has 0 radical (unpaired) electrons. The standard InChI is InChI=1S/C14H19F4NO/c1-8(2)19(7-14(16,17)18)13-5-9(3)12(15)6-11(13)10(4)20/h5-6,8,10,20H,7H2,1-4H3. The summed E-state index contributed by atoms with van der Waals surface area (Å²) < 4.78 is 51.6. The van der Waals surface area contributed by atoms with Crippen LogP contribution in [0.2, 0.25) is 0 Å². The van der Waals surface area contributed by atoms with Crippen LogP contribution in [0.25, 0.3) is 0 Å². The number of nitrogens with zero attached hydrogens (tertiary/aromatic N) is 1. The fourth-order valence-corrected chi connectivity index (χ4v) is 2.00. The molecule has 1 unspecified atom stereocenters. The lowest BCUT2D eigenvalue weighted by molar-refractivity contribution is -0.120. The second kappa shape index (κ2) is 5.99. The molecule has 1 aromatic rings. The van der Waals surface area contributed by atoms with E-state index in [-0.39, 0.29) is 16.8 Å².